The van der Waals surface area contributed by atoms with Crippen molar-refractivity contribution in [3.05, 3.63) is 0 Å². The van der Waals surface area contributed by atoms with E-state index >= 15 is 0 Å². The van der Waals surface area contributed by atoms with Gasteiger partial charge in [-0.3, -0.25) is 9.69 Å². The van der Waals surface area contributed by atoms with E-state index in [2.05, 4.69) is 13.8 Å². The van der Waals surface area contributed by atoms with Crippen LogP contribution in [0.15, 0.2) is 0 Å². The zero-order valence-electron chi connectivity index (χ0n) is 9.61. The summed E-state index contributed by atoms with van der Waals surface area (Å²) in [6.45, 7) is 7.24. The third-order valence-corrected chi connectivity index (χ3v) is 2.62. The van der Waals surface area contributed by atoms with Crippen molar-refractivity contribution in [1.29, 1.82) is 0 Å². The Hall–Kier alpha value is -0.610. The van der Waals surface area contributed by atoms with Crippen LogP contribution in [0.5, 0.6) is 0 Å². The van der Waals surface area contributed by atoms with E-state index in [0.29, 0.717) is 12.5 Å². The van der Waals surface area contributed by atoms with E-state index in [-0.39, 0.29) is 6.04 Å². The van der Waals surface area contributed by atoms with E-state index in [1.165, 1.54) is 0 Å². The predicted molar refractivity (Wildman–Crippen MR) is 57.9 cm³/mol. The van der Waals surface area contributed by atoms with E-state index in [4.69, 9.17) is 9.84 Å². The van der Waals surface area contributed by atoms with E-state index in [9.17, 15) is 4.79 Å². The number of carbonyl (C=O) groups is 1. The molecule has 15 heavy (non-hydrogen) atoms. The first-order valence-corrected chi connectivity index (χ1v) is 5.66. The van der Waals surface area contributed by atoms with Crippen LogP contribution in [0.25, 0.3) is 0 Å². The minimum absolute atomic E-state index is 0.285. The molecule has 1 N–H and O–H groups in total. The van der Waals surface area contributed by atoms with Crippen molar-refractivity contribution in [3.63, 3.8) is 0 Å². The molecule has 1 unspecified atom stereocenters. The Morgan fingerprint density at radius 3 is 2.93 bits per heavy atom. The van der Waals surface area contributed by atoms with E-state index in [1.54, 1.807) is 0 Å². The fourth-order valence-electron chi connectivity index (χ4n) is 1.87. The molecule has 1 aliphatic heterocycles. The molecule has 1 heterocycles. The first kappa shape index (κ1) is 12.5. The first-order valence-electron chi connectivity index (χ1n) is 5.66. The molecule has 1 aliphatic rings. The Balaban J connectivity index is 2.17. The second-order valence-corrected chi connectivity index (χ2v) is 4.50. The zero-order chi connectivity index (χ0) is 11.3. The minimum atomic E-state index is -0.698. The van der Waals surface area contributed by atoms with Crippen LogP contribution in [-0.4, -0.2) is 48.3 Å². The Bertz CT molecular complexity index is 206. The van der Waals surface area contributed by atoms with Gasteiger partial charge in [-0.15, -0.1) is 0 Å². The molecular formula is C11H21NO3. The van der Waals surface area contributed by atoms with Gasteiger partial charge in [0.05, 0.1) is 6.61 Å². The molecule has 0 aliphatic carbocycles. The number of aliphatic carboxylic acids is 1. The van der Waals surface area contributed by atoms with Gasteiger partial charge < -0.3 is 9.84 Å². The zero-order valence-corrected chi connectivity index (χ0v) is 9.61. The number of likely N-dealkylation sites (tertiary alicyclic amines) is 1. The summed E-state index contributed by atoms with van der Waals surface area (Å²) in [4.78, 5) is 12.9. The summed E-state index contributed by atoms with van der Waals surface area (Å²) in [6.07, 6.45) is 1.76. The highest BCUT2D eigenvalue weighted by molar-refractivity contribution is 5.73. The van der Waals surface area contributed by atoms with E-state index < -0.39 is 5.97 Å². The van der Waals surface area contributed by atoms with Crippen molar-refractivity contribution in [1.82, 2.24) is 4.90 Å². The molecule has 4 nitrogen and oxygen atoms in total. The predicted octanol–water partition coefficient (Wildman–Crippen LogP) is 1.21. The van der Waals surface area contributed by atoms with Gasteiger partial charge in [-0.1, -0.05) is 13.8 Å². The molecule has 1 fully saturated rings. The summed E-state index contributed by atoms with van der Waals surface area (Å²) >= 11 is 0. The van der Waals surface area contributed by atoms with E-state index in [0.717, 1.165) is 32.5 Å². The Morgan fingerprint density at radius 2 is 2.33 bits per heavy atom. The second-order valence-electron chi connectivity index (χ2n) is 4.50. The standard InChI is InChI=1S/C11H21NO3/c1-9(2)8-15-7-6-12-5-3-4-10(12)11(13)14/h9-10H,3-8H2,1-2H3,(H,13,14). The van der Waals surface area contributed by atoms with Crippen LogP contribution < -0.4 is 0 Å². The van der Waals surface area contributed by atoms with Crippen LogP contribution in [0.4, 0.5) is 0 Å². The van der Waals surface area contributed by atoms with Crippen molar-refractivity contribution in [2.24, 2.45) is 5.92 Å². The van der Waals surface area contributed by atoms with Gasteiger partial charge in [0.1, 0.15) is 6.04 Å². The molecule has 0 aromatic heterocycles. The Kier molecular flexibility index (Phi) is 5.05. The minimum Gasteiger partial charge on any atom is -0.480 e. The molecule has 1 saturated heterocycles. The quantitative estimate of drug-likeness (QED) is 0.677. The molecule has 4 heteroatoms. The average Bonchev–Trinajstić information content (AvgIpc) is 2.60. The number of ether oxygens (including phenoxy) is 1. The molecule has 0 saturated carbocycles. The maximum absolute atomic E-state index is 10.9. The lowest BCUT2D eigenvalue weighted by Gasteiger charge is -2.20. The second kappa shape index (κ2) is 6.08. The lowest BCUT2D eigenvalue weighted by Crippen LogP contribution is -2.38. The van der Waals surface area contributed by atoms with Crippen LogP contribution in [0, 0.1) is 5.92 Å². The summed E-state index contributed by atoms with van der Waals surface area (Å²) in [5.41, 5.74) is 0. The molecule has 88 valence electrons. The lowest BCUT2D eigenvalue weighted by molar-refractivity contribution is -0.142. The normalized spacial score (nSPS) is 22.5. The summed E-state index contributed by atoms with van der Waals surface area (Å²) in [7, 11) is 0. The van der Waals surface area contributed by atoms with Gasteiger partial charge in [-0.05, 0) is 25.3 Å². The maximum atomic E-state index is 10.9. The van der Waals surface area contributed by atoms with Crippen molar-refractivity contribution < 1.29 is 14.6 Å². The molecule has 0 radical (unpaired) electrons. The molecule has 0 aromatic carbocycles. The first-order chi connectivity index (χ1) is 7.11. The van der Waals surface area contributed by atoms with Crippen LogP contribution in [0.2, 0.25) is 0 Å². The lowest BCUT2D eigenvalue weighted by atomic mass is 10.2. The van der Waals surface area contributed by atoms with Gasteiger partial charge in [0.25, 0.3) is 0 Å². The molecule has 0 bridgehead atoms. The number of carboxylic acids is 1. The number of carboxylic acid groups (broad SMARTS) is 1. The fraction of sp³-hybridized carbons (Fsp3) is 0.909. The van der Waals surface area contributed by atoms with Crippen LogP contribution in [0.3, 0.4) is 0 Å². The smallest absolute Gasteiger partial charge is 0.320 e. The summed E-state index contributed by atoms with van der Waals surface area (Å²) in [5, 5.41) is 8.95. The van der Waals surface area contributed by atoms with Gasteiger partial charge >= 0.3 is 5.97 Å². The number of hydrogen-bond donors (Lipinski definition) is 1. The molecule has 0 amide bonds. The van der Waals surface area contributed by atoms with E-state index in [1.807, 2.05) is 4.90 Å². The largest absolute Gasteiger partial charge is 0.480 e. The summed E-state index contributed by atoms with van der Waals surface area (Å²) < 4.78 is 5.45. The van der Waals surface area contributed by atoms with Crippen LogP contribution in [0.1, 0.15) is 26.7 Å². The Labute approximate surface area is 91.2 Å². The van der Waals surface area contributed by atoms with Gasteiger partial charge in [0.15, 0.2) is 0 Å². The molecule has 0 spiro atoms. The highest BCUT2D eigenvalue weighted by Gasteiger charge is 2.29. The highest BCUT2D eigenvalue weighted by atomic mass is 16.5. The van der Waals surface area contributed by atoms with Crippen molar-refractivity contribution in [2.75, 3.05) is 26.3 Å². The maximum Gasteiger partial charge on any atom is 0.320 e. The van der Waals surface area contributed by atoms with Crippen molar-refractivity contribution >= 4 is 5.97 Å². The third-order valence-electron chi connectivity index (χ3n) is 2.62. The van der Waals surface area contributed by atoms with Crippen LogP contribution in [-0.2, 0) is 9.53 Å². The summed E-state index contributed by atoms with van der Waals surface area (Å²) in [5.74, 6) is -0.157. The highest BCUT2D eigenvalue weighted by Crippen LogP contribution is 2.16. The monoisotopic (exact) mass is 215 g/mol. The molecule has 1 rings (SSSR count). The fourth-order valence-corrected chi connectivity index (χ4v) is 1.87. The molecule has 1 atom stereocenters. The number of rotatable bonds is 6. The topological polar surface area (TPSA) is 49.8 Å². The number of hydrogen-bond acceptors (Lipinski definition) is 3. The van der Waals surface area contributed by atoms with Gasteiger partial charge in [0.2, 0.25) is 0 Å². The average molecular weight is 215 g/mol. The van der Waals surface area contributed by atoms with Gasteiger partial charge in [0, 0.05) is 13.2 Å². The van der Waals surface area contributed by atoms with Gasteiger partial charge in [-0.25, -0.2) is 0 Å². The summed E-state index contributed by atoms with van der Waals surface area (Å²) in [6, 6.07) is -0.285. The third kappa shape index (κ3) is 4.18. The SMILES string of the molecule is CC(C)COCCN1CCCC1C(=O)O. The van der Waals surface area contributed by atoms with Crippen LogP contribution >= 0.6 is 0 Å². The van der Waals surface area contributed by atoms with Crippen molar-refractivity contribution in [2.45, 2.75) is 32.7 Å². The van der Waals surface area contributed by atoms with Crippen molar-refractivity contribution in [3.8, 4) is 0 Å². The molecule has 0 aromatic rings. The Morgan fingerprint density at radius 1 is 1.60 bits per heavy atom. The molecular weight excluding hydrogens is 194 g/mol. The van der Waals surface area contributed by atoms with Gasteiger partial charge in [-0.2, -0.15) is 0 Å². The number of nitrogens with zero attached hydrogens (tertiary/aromatic N) is 1.